The zero-order valence-electron chi connectivity index (χ0n) is 13.5. The summed E-state index contributed by atoms with van der Waals surface area (Å²) < 4.78 is 16.1. The molecule has 0 N–H and O–H groups in total. The molecular formula is C18H24O4. The molecule has 1 unspecified atom stereocenters. The number of aryl methyl sites for hydroxylation is 1. The van der Waals surface area contributed by atoms with Crippen molar-refractivity contribution in [3.8, 4) is 0 Å². The van der Waals surface area contributed by atoms with Crippen molar-refractivity contribution >= 4 is 12.0 Å². The minimum atomic E-state index is -0.324. The van der Waals surface area contributed by atoms with Gasteiger partial charge in [0.15, 0.2) is 0 Å². The summed E-state index contributed by atoms with van der Waals surface area (Å²) in [6.07, 6.45) is 4.40. The summed E-state index contributed by atoms with van der Waals surface area (Å²) in [6.45, 7) is 7.71. The molecule has 1 aliphatic heterocycles. The van der Waals surface area contributed by atoms with Gasteiger partial charge in [-0.05, 0) is 37.5 Å². The average Bonchev–Trinajstić information content (AvgIpc) is 3.32. The van der Waals surface area contributed by atoms with Crippen LogP contribution in [0.3, 0.4) is 0 Å². The molecule has 2 atom stereocenters. The third-order valence-corrected chi connectivity index (χ3v) is 3.53. The summed E-state index contributed by atoms with van der Waals surface area (Å²) in [5.74, 6) is -0.324. The summed E-state index contributed by atoms with van der Waals surface area (Å²) in [5.41, 5.74) is 3.23. The van der Waals surface area contributed by atoms with E-state index in [-0.39, 0.29) is 18.2 Å². The van der Waals surface area contributed by atoms with Gasteiger partial charge in [-0.2, -0.15) is 0 Å². The van der Waals surface area contributed by atoms with Crippen LogP contribution in [0.25, 0.3) is 6.08 Å². The number of rotatable bonds is 8. The summed E-state index contributed by atoms with van der Waals surface area (Å²) in [6, 6.07) is 6.20. The highest BCUT2D eigenvalue weighted by molar-refractivity contribution is 5.87. The molecule has 0 bridgehead atoms. The monoisotopic (exact) mass is 304 g/mol. The van der Waals surface area contributed by atoms with Crippen molar-refractivity contribution < 1.29 is 19.0 Å². The Bertz CT molecular complexity index is 532. The van der Waals surface area contributed by atoms with E-state index in [2.05, 4.69) is 25.1 Å². The second-order valence-electron chi connectivity index (χ2n) is 5.40. The van der Waals surface area contributed by atoms with Crippen LogP contribution in [0, 0.1) is 6.92 Å². The largest absolute Gasteiger partial charge is 0.463 e. The Labute approximate surface area is 132 Å². The van der Waals surface area contributed by atoms with Gasteiger partial charge in [-0.15, -0.1) is 0 Å². The Morgan fingerprint density at radius 3 is 2.86 bits per heavy atom. The number of hydrogen-bond donors (Lipinski definition) is 0. The molecule has 0 radical (unpaired) electrons. The molecule has 1 heterocycles. The first-order valence-electron chi connectivity index (χ1n) is 7.82. The molecule has 22 heavy (non-hydrogen) atoms. The van der Waals surface area contributed by atoms with Gasteiger partial charge in [0.1, 0.15) is 6.10 Å². The Kier molecular flexibility index (Phi) is 6.16. The van der Waals surface area contributed by atoms with Gasteiger partial charge in [0.25, 0.3) is 0 Å². The molecule has 120 valence electrons. The summed E-state index contributed by atoms with van der Waals surface area (Å²) in [4.78, 5) is 11.5. The quantitative estimate of drug-likeness (QED) is 0.419. The van der Waals surface area contributed by atoms with Crippen LogP contribution < -0.4 is 0 Å². The summed E-state index contributed by atoms with van der Waals surface area (Å²) >= 11 is 0. The van der Waals surface area contributed by atoms with Gasteiger partial charge in [-0.1, -0.05) is 30.7 Å². The fourth-order valence-corrected chi connectivity index (χ4v) is 2.30. The van der Waals surface area contributed by atoms with Crippen molar-refractivity contribution in [3.63, 3.8) is 0 Å². The lowest BCUT2D eigenvalue weighted by Gasteiger charge is -2.19. The van der Waals surface area contributed by atoms with E-state index in [1.54, 1.807) is 13.0 Å². The Balaban J connectivity index is 2.15. The first kappa shape index (κ1) is 16.7. The summed E-state index contributed by atoms with van der Waals surface area (Å²) in [7, 11) is 0. The SMILES string of the molecule is CCOC(=O)/C=C/c1cc(C)ccc1[C@@H](CC)OCC1CO1. The fraction of sp³-hybridized carbons (Fsp3) is 0.500. The lowest BCUT2D eigenvalue weighted by molar-refractivity contribution is -0.137. The molecule has 1 fully saturated rings. The standard InChI is InChI=1S/C18H24O4/c1-4-17(22-12-15-11-21-15)16-8-6-13(3)10-14(16)7-9-18(19)20-5-2/h6-10,15,17H,4-5,11-12H2,1-3H3/b9-7+/t15?,17-/m1/s1. The van der Waals surface area contributed by atoms with Gasteiger partial charge in [-0.25, -0.2) is 4.79 Å². The predicted octanol–water partition coefficient (Wildman–Crippen LogP) is 3.44. The van der Waals surface area contributed by atoms with Crippen molar-refractivity contribution in [1.82, 2.24) is 0 Å². The molecule has 2 rings (SSSR count). The molecule has 0 saturated carbocycles. The van der Waals surface area contributed by atoms with E-state index in [0.29, 0.717) is 13.2 Å². The molecule has 4 nitrogen and oxygen atoms in total. The predicted molar refractivity (Wildman–Crippen MR) is 85.6 cm³/mol. The molecule has 0 amide bonds. The average molecular weight is 304 g/mol. The number of carbonyl (C=O) groups excluding carboxylic acids is 1. The molecule has 1 aliphatic rings. The maximum absolute atomic E-state index is 11.5. The Morgan fingerprint density at radius 2 is 2.23 bits per heavy atom. The first-order valence-corrected chi connectivity index (χ1v) is 7.82. The maximum atomic E-state index is 11.5. The van der Waals surface area contributed by atoms with Crippen LogP contribution in [0.15, 0.2) is 24.3 Å². The zero-order valence-corrected chi connectivity index (χ0v) is 13.5. The van der Waals surface area contributed by atoms with Crippen LogP contribution in [-0.2, 0) is 19.0 Å². The fourth-order valence-electron chi connectivity index (χ4n) is 2.30. The smallest absolute Gasteiger partial charge is 0.330 e. The molecule has 4 heteroatoms. The van der Waals surface area contributed by atoms with Crippen molar-refractivity contribution in [2.75, 3.05) is 19.8 Å². The normalized spacial score (nSPS) is 18.4. The molecule has 0 aliphatic carbocycles. The van der Waals surface area contributed by atoms with Crippen LogP contribution in [0.2, 0.25) is 0 Å². The Hall–Kier alpha value is -1.65. The molecule has 1 aromatic carbocycles. The second-order valence-corrected chi connectivity index (χ2v) is 5.40. The number of epoxide rings is 1. The Morgan fingerprint density at radius 1 is 1.45 bits per heavy atom. The van der Waals surface area contributed by atoms with E-state index in [0.717, 1.165) is 29.7 Å². The van der Waals surface area contributed by atoms with Gasteiger partial charge in [-0.3, -0.25) is 0 Å². The highest BCUT2D eigenvalue weighted by atomic mass is 16.6. The zero-order chi connectivity index (χ0) is 15.9. The number of benzene rings is 1. The topological polar surface area (TPSA) is 48.1 Å². The van der Waals surface area contributed by atoms with Crippen LogP contribution in [0.1, 0.15) is 43.1 Å². The minimum Gasteiger partial charge on any atom is -0.463 e. The number of ether oxygens (including phenoxy) is 3. The summed E-state index contributed by atoms with van der Waals surface area (Å²) in [5, 5.41) is 0. The van der Waals surface area contributed by atoms with Gasteiger partial charge in [0.05, 0.1) is 25.9 Å². The van der Waals surface area contributed by atoms with Crippen molar-refractivity contribution in [1.29, 1.82) is 0 Å². The van der Waals surface area contributed by atoms with Crippen LogP contribution in [-0.4, -0.2) is 31.9 Å². The molecule has 1 saturated heterocycles. The first-order chi connectivity index (χ1) is 10.6. The molecule has 0 spiro atoms. The van der Waals surface area contributed by atoms with Crippen LogP contribution in [0.5, 0.6) is 0 Å². The number of esters is 1. The van der Waals surface area contributed by atoms with Gasteiger partial charge >= 0.3 is 5.97 Å². The van der Waals surface area contributed by atoms with Crippen LogP contribution in [0.4, 0.5) is 0 Å². The van der Waals surface area contributed by atoms with E-state index in [1.807, 2.05) is 6.92 Å². The van der Waals surface area contributed by atoms with Gasteiger partial charge < -0.3 is 14.2 Å². The lowest BCUT2D eigenvalue weighted by Crippen LogP contribution is -2.10. The second kappa shape index (κ2) is 8.11. The van der Waals surface area contributed by atoms with E-state index in [4.69, 9.17) is 14.2 Å². The highest BCUT2D eigenvalue weighted by Gasteiger charge is 2.24. The highest BCUT2D eigenvalue weighted by Crippen LogP contribution is 2.28. The van der Waals surface area contributed by atoms with Crippen molar-refractivity contribution in [3.05, 3.63) is 41.0 Å². The minimum absolute atomic E-state index is 0.00615. The number of carbonyl (C=O) groups is 1. The van der Waals surface area contributed by atoms with E-state index >= 15 is 0 Å². The van der Waals surface area contributed by atoms with Gasteiger partial charge in [0.2, 0.25) is 0 Å². The maximum Gasteiger partial charge on any atom is 0.330 e. The van der Waals surface area contributed by atoms with Crippen molar-refractivity contribution in [2.24, 2.45) is 0 Å². The lowest BCUT2D eigenvalue weighted by atomic mass is 9.98. The van der Waals surface area contributed by atoms with E-state index in [1.165, 1.54) is 6.08 Å². The molecule has 0 aromatic heterocycles. The van der Waals surface area contributed by atoms with E-state index < -0.39 is 0 Å². The van der Waals surface area contributed by atoms with Crippen molar-refractivity contribution in [2.45, 2.75) is 39.4 Å². The molecule has 1 aromatic rings. The van der Waals surface area contributed by atoms with Crippen LogP contribution >= 0.6 is 0 Å². The third-order valence-electron chi connectivity index (χ3n) is 3.53. The van der Waals surface area contributed by atoms with Gasteiger partial charge in [0, 0.05) is 6.08 Å². The third kappa shape index (κ3) is 4.97. The van der Waals surface area contributed by atoms with E-state index in [9.17, 15) is 4.79 Å². The number of hydrogen-bond acceptors (Lipinski definition) is 4. The molecular weight excluding hydrogens is 280 g/mol.